The van der Waals surface area contributed by atoms with Crippen molar-refractivity contribution in [1.29, 1.82) is 0 Å². The fourth-order valence-corrected chi connectivity index (χ4v) is 5.38. The number of sulfonamides is 1. The van der Waals surface area contributed by atoms with Gasteiger partial charge in [-0.05, 0) is 43.2 Å². The molecule has 5 nitrogen and oxygen atoms in total. The van der Waals surface area contributed by atoms with E-state index in [1.807, 2.05) is 36.4 Å². The van der Waals surface area contributed by atoms with Gasteiger partial charge in [-0.25, -0.2) is 8.42 Å². The van der Waals surface area contributed by atoms with Crippen LogP contribution < -0.4 is 9.62 Å². The lowest BCUT2D eigenvalue weighted by atomic mass is 10.00. The standard InChI is InChI=1S/C23H22N2O3S/c1-2-25-21-13-12-18(23(26)24-15-14-17-8-4-3-5-9-17)16-20(21)19-10-6-7-11-22(19)29(25,27)28/h3-13,16H,2,14-15H2,1H3,(H,24,26). The molecule has 1 aliphatic heterocycles. The molecule has 0 fully saturated rings. The third-order valence-corrected chi connectivity index (χ3v) is 7.05. The Balaban J connectivity index is 1.62. The van der Waals surface area contributed by atoms with Crippen LogP contribution >= 0.6 is 0 Å². The molecule has 0 aliphatic carbocycles. The lowest BCUT2D eigenvalue weighted by molar-refractivity contribution is 0.0954. The number of hydrogen-bond acceptors (Lipinski definition) is 3. The SMILES string of the molecule is CCN1c2ccc(C(=O)NCCc3ccccc3)cc2-c2ccccc2S1(=O)=O. The molecule has 1 heterocycles. The van der Waals surface area contributed by atoms with Gasteiger partial charge in [0.15, 0.2) is 0 Å². The van der Waals surface area contributed by atoms with Gasteiger partial charge in [-0.15, -0.1) is 0 Å². The van der Waals surface area contributed by atoms with Crippen LogP contribution in [0.25, 0.3) is 11.1 Å². The van der Waals surface area contributed by atoms with Crippen LogP contribution in [0.1, 0.15) is 22.8 Å². The topological polar surface area (TPSA) is 66.5 Å². The van der Waals surface area contributed by atoms with E-state index < -0.39 is 10.0 Å². The van der Waals surface area contributed by atoms with Gasteiger partial charge in [-0.2, -0.15) is 0 Å². The van der Waals surface area contributed by atoms with Crippen LogP contribution in [-0.2, 0) is 16.4 Å². The van der Waals surface area contributed by atoms with Crippen LogP contribution in [0.2, 0.25) is 0 Å². The monoisotopic (exact) mass is 406 g/mol. The number of carbonyl (C=O) groups is 1. The Morgan fingerprint density at radius 2 is 1.66 bits per heavy atom. The first-order valence-electron chi connectivity index (χ1n) is 9.60. The molecule has 0 radical (unpaired) electrons. The Kier molecular flexibility index (Phi) is 5.11. The summed E-state index contributed by atoms with van der Waals surface area (Å²) in [7, 11) is -3.59. The molecule has 4 rings (SSSR count). The molecule has 0 saturated heterocycles. The van der Waals surface area contributed by atoms with Crippen LogP contribution in [0.3, 0.4) is 0 Å². The number of anilines is 1. The molecule has 29 heavy (non-hydrogen) atoms. The summed E-state index contributed by atoms with van der Waals surface area (Å²) >= 11 is 0. The predicted octanol–water partition coefficient (Wildman–Crippen LogP) is 3.85. The minimum Gasteiger partial charge on any atom is -0.352 e. The van der Waals surface area contributed by atoms with Crippen LogP contribution in [-0.4, -0.2) is 27.4 Å². The number of hydrogen-bond donors (Lipinski definition) is 1. The fraction of sp³-hybridized carbons (Fsp3) is 0.174. The summed E-state index contributed by atoms with van der Waals surface area (Å²) in [5.74, 6) is -0.169. The fourth-order valence-electron chi connectivity index (χ4n) is 3.68. The molecule has 0 saturated carbocycles. The Hall–Kier alpha value is -3.12. The second-order valence-electron chi connectivity index (χ2n) is 6.89. The van der Waals surface area contributed by atoms with Crippen molar-refractivity contribution in [3.63, 3.8) is 0 Å². The molecule has 0 spiro atoms. The number of benzene rings is 3. The molecule has 148 valence electrons. The van der Waals surface area contributed by atoms with E-state index in [2.05, 4.69) is 5.32 Å². The van der Waals surface area contributed by atoms with Crippen molar-refractivity contribution in [2.24, 2.45) is 0 Å². The molecule has 0 unspecified atom stereocenters. The Morgan fingerprint density at radius 1 is 0.931 bits per heavy atom. The summed E-state index contributed by atoms with van der Waals surface area (Å²) in [6.45, 7) is 2.66. The van der Waals surface area contributed by atoms with Crippen LogP contribution in [0.4, 0.5) is 5.69 Å². The Labute approximate surface area is 171 Å². The molecule has 1 amide bonds. The first-order chi connectivity index (χ1) is 14.0. The molecular weight excluding hydrogens is 384 g/mol. The third kappa shape index (κ3) is 3.51. The van der Waals surface area contributed by atoms with E-state index in [4.69, 9.17) is 0 Å². The highest BCUT2D eigenvalue weighted by Crippen LogP contribution is 2.43. The molecule has 3 aromatic rings. The van der Waals surface area contributed by atoms with Gasteiger partial charge in [0.25, 0.3) is 15.9 Å². The highest BCUT2D eigenvalue weighted by molar-refractivity contribution is 7.93. The summed E-state index contributed by atoms with van der Waals surface area (Å²) < 4.78 is 27.3. The number of amides is 1. The maximum atomic E-state index is 12.9. The average Bonchev–Trinajstić information content (AvgIpc) is 2.74. The van der Waals surface area contributed by atoms with Crippen LogP contribution in [0.15, 0.2) is 77.7 Å². The van der Waals surface area contributed by atoms with Gasteiger partial charge in [0.2, 0.25) is 0 Å². The molecule has 1 aliphatic rings. The van der Waals surface area contributed by atoms with Crippen LogP contribution in [0.5, 0.6) is 0 Å². The molecule has 6 heteroatoms. The van der Waals surface area contributed by atoms with E-state index >= 15 is 0 Å². The minimum absolute atomic E-state index is 0.169. The van der Waals surface area contributed by atoms with Crippen LogP contribution in [0, 0.1) is 0 Å². The van der Waals surface area contributed by atoms with E-state index in [0.29, 0.717) is 29.9 Å². The van der Waals surface area contributed by atoms with Gasteiger partial charge in [0.05, 0.1) is 10.6 Å². The minimum atomic E-state index is -3.59. The van der Waals surface area contributed by atoms with Crippen molar-refractivity contribution in [3.8, 4) is 11.1 Å². The van der Waals surface area contributed by atoms with E-state index in [9.17, 15) is 13.2 Å². The maximum Gasteiger partial charge on any atom is 0.264 e. The first kappa shape index (κ1) is 19.2. The largest absolute Gasteiger partial charge is 0.352 e. The normalized spacial score (nSPS) is 14.0. The third-order valence-electron chi connectivity index (χ3n) is 5.10. The van der Waals surface area contributed by atoms with Gasteiger partial charge in [0, 0.05) is 29.8 Å². The van der Waals surface area contributed by atoms with Gasteiger partial charge >= 0.3 is 0 Å². The van der Waals surface area contributed by atoms with Crippen molar-refractivity contribution in [3.05, 3.63) is 83.9 Å². The first-order valence-corrected chi connectivity index (χ1v) is 11.0. The van der Waals surface area contributed by atoms with Crippen molar-refractivity contribution in [1.82, 2.24) is 5.32 Å². The summed E-state index contributed by atoms with van der Waals surface area (Å²) in [4.78, 5) is 12.9. The molecule has 0 atom stereocenters. The Morgan fingerprint density at radius 3 is 2.41 bits per heavy atom. The molecule has 3 aromatic carbocycles. The summed E-state index contributed by atoms with van der Waals surface area (Å²) in [6.07, 6.45) is 0.752. The van der Waals surface area contributed by atoms with E-state index in [0.717, 1.165) is 17.5 Å². The van der Waals surface area contributed by atoms with Crippen molar-refractivity contribution < 1.29 is 13.2 Å². The second kappa shape index (κ2) is 7.72. The Bertz CT molecular complexity index is 1160. The smallest absolute Gasteiger partial charge is 0.264 e. The van der Waals surface area contributed by atoms with E-state index in [1.165, 1.54) is 4.31 Å². The lowest BCUT2D eigenvalue weighted by Crippen LogP contribution is -2.34. The average molecular weight is 407 g/mol. The van der Waals surface area contributed by atoms with E-state index in [-0.39, 0.29) is 10.8 Å². The molecule has 1 N–H and O–H groups in total. The summed E-state index contributed by atoms with van der Waals surface area (Å²) in [6, 6.07) is 22.1. The zero-order chi connectivity index (χ0) is 20.4. The van der Waals surface area contributed by atoms with Gasteiger partial charge in [-0.3, -0.25) is 9.10 Å². The molecular formula is C23H22N2O3S. The zero-order valence-corrected chi connectivity index (χ0v) is 16.9. The number of nitrogens with zero attached hydrogens (tertiary/aromatic N) is 1. The molecule has 0 bridgehead atoms. The highest BCUT2D eigenvalue weighted by Gasteiger charge is 2.34. The maximum absolute atomic E-state index is 12.9. The van der Waals surface area contributed by atoms with Crippen molar-refractivity contribution in [2.75, 3.05) is 17.4 Å². The predicted molar refractivity (Wildman–Crippen MR) is 115 cm³/mol. The highest BCUT2D eigenvalue weighted by atomic mass is 32.2. The number of carbonyl (C=O) groups excluding carboxylic acids is 1. The van der Waals surface area contributed by atoms with Gasteiger partial charge in [-0.1, -0.05) is 48.5 Å². The summed E-state index contributed by atoms with van der Waals surface area (Å²) in [5.41, 5.74) is 3.67. The van der Waals surface area contributed by atoms with E-state index in [1.54, 1.807) is 43.3 Å². The second-order valence-corrected chi connectivity index (χ2v) is 8.72. The van der Waals surface area contributed by atoms with Crippen molar-refractivity contribution in [2.45, 2.75) is 18.2 Å². The number of fused-ring (bicyclic) bond motifs is 3. The summed E-state index contributed by atoms with van der Waals surface area (Å²) in [5, 5.41) is 2.95. The molecule has 0 aromatic heterocycles. The lowest BCUT2D eigenvalue weighted by Gasteiger charge is -2.31. The number of rotatable bonds is 5. The van der Waals surface area contributed by atoms with Crippen molar-refractivity contribution >= 4 is 21.6 Å². The van der Waals surface area contributed by atoms with Gasteiger partial charge < -0.3 is 5.32 Å². The number of nitrogens with one attached hydrogen (secondary N) is 1. The quantitative estimate of drug-likeness (QED) is 0.700. The van der Waals surface area contributed by atoms with Gasteiger partial charge in [0.1, 0.15) is 0 Å². The zero-order valence-electron chi connectivity index (χ0n) is 16.1.